The normalized spacial score (nSPS) is 18.3. The van der Waals surface area contributed by atoms with Crippen molar-refractivity contribution in [2.24, 2.45) is 5.92 Å². The predicted molar refractivity (Wildman–Crippen MR) is 83.7 cm³/mol. The third-order valence-electron chi connectivity index (χ3n) is 4.51. The Balaban J connectivity index is 1.87. The lowest BCUT2D eigenvalue weighted by Gasteiger charge is -2.24. The summed E-state index contributed by atoms with van der Waals surface area (Å²) < 4.78 is 13.8. The van der Waals surface area contributed by atoms with Crippen molar-refractivity contribution in [1.29, 1.82) is 0 Å². The summed E-state index contributed by atoms with van der Waals surface area (Å²) in [4.78, 5) is 0. The molecule has 0 heterocycles. The number of alkyl halides is 1. The molecule has 0 spiro atoms. The Hall–Kier alpha value is -1.08. The number of halogens is 2. The highest BCUT2D eigenvalue weighted by Crippen LogP contribution is 2.38. The summed E-state index contributed by atoms with van der Waals surface area (Å²) in [6.07, 6.45) is 7.63. The van der Waals surface area contributed by atoms with Gasteiger partial charge in [-0.2, -0.15) is 0 Å². The minimum absolute atomic E-state index is 0.0106. The summed E-state index contributed by atoms with van der Waals surface area (Å²) in [6, 6.07) is 11.0. The third kappa shape index (κ3) is 2.83. The average molecular weight is 291 g/mol. The van der Waals surface area contributed by atoms with Gasteiger partial charge in [0, 0.05) is 5.39 Å². The zero-order chi connectivity index (χ0) is 13.9. The van der Waals surface area contributed by atoms with Crippen molar-refractivity contribution >= 4 is 22.4 Å². The van der Waals surface area contributed by atoms with Gasteiger partial charge < -0.3 is 0 Å². The van der Waals surface area contributed by atoms with Gasteiger partial charge in [0.25, 0.3) is 0 Å². The van der Waals surface area contributed by atoms with E-state index in [9.17, 15) is 4.39 Å². The molecule has 3 rings (SSSR count). The molecular formula is C18H20ClF. The molecule has 0 radical (unpaired) electrons. The summed E-state index contributed by atoms with van der Waals surface area (Å²) in [7, 11) is 0. The molecule has 2 aromatic carbocycles. The lowest BCUT2D eigenvalue weighted by molar-refractivity contribution is 0.336. The molecule has 0 saturated heterocycles. The van der Waals surface area contributed by atoms with E-state index in [1.165, 1.54) is 32.1 Å². The predicted octanol–water partition coefficient (Wildman–Crippen LogP) is 6.23. The summed E-state index contributed by atoms with van der Waals surface area (Å²) in [5, 5.41) is 1.63. The van der Waals surface area contributed by atoms with Crippen molar-refractivity contribution in [2.45, 2.75) is 43.9 Å². The van der Waals surface area contributed by atoms with Gasteiger partial charge in [-0.15, -0.1) is 11.6 Å². The van der Waals surface area contributed by atoms with Crippen molar-refractivity contribution in [2.75, 3.05) is 0 Å². The van der Waals surface area contributed by atoms with Crippen LogP contribution >= 0.6 is 11.6 Å². The Kier molecular flexibility index (Phi) is 4.26. The van der Waals surface area contributed by atoms with E-state index in [1.807, 2.05) is 30.3 Å². The summed E-state index contributed by atoms with van der Waals surface area (Å²) in [5.74, 6) is 0.570. The van der Waals surface area contributed by atoms with Crippen LogP contribution in [-0.2, 0) is 0 Å². The molecule has 1 fully saturated rings. The minimum Gasteiger partial charge on any atom is -0.206 e. The van der Waals surface area contributed by atoms with E-state index < -0.39 is 0 Å². The van der Waals surface area contributed by atoms with Crippen LogP contribution in [0.5, 0.6) is 0 Å². The summed E-state index contributed by atoms with van der Waals surface area (Å²) in [6.45, 7) is 0. The second-order valence-corrected chi connectivity index (χ2v) is 6.42. The van der Waals surface area contributed by atoms with Crippen LogP contribution in [0.3, 0.4) is 0 Å². The molecule has 1 atom stereocenters. The molecule has 0 nitrogen and oxygen atoms in total. The zero-order valence-electron chi connectivity index (χ0n) is 11.6. The maximum atomic E-state index is 13.8. The Bertz CT molecular complexity index is 587. The Morgan fingerprint density at radius 2 is 1.70 bits per heavy atom. The highest BCUT2D eigenvalue weighted by molar-refractivity contribution is 6.21. The van der Waals surface area contributed by atoms with Gasteiger partial charge in [0.1, 0.15) is 5.82 Å². The molecule has 1 unspecified atom stereocenters. The number of rotatable bonds is 3. The van der Waals surface area contributed by atoms with Crippen LogP contribution in [0.25, 0.3) is 10.8 Å². The van der Waals surface area contributed by atoms with E-state index in [0.29, 0.717) is 5.39 Å². The molecule has 0 bridgehead atoms. The molecule has 1 aliphatic rings. The van der Waals surface area contributed by atoms with Gasteiger partial charge in [-0.3, -0.25) is 0 Å². The molecule has 106 valence electrons. The van der Waals surface area contributed by atoms with Crippen LogP contribution in [0, 0.1) is 11.7 Å². The lowest BCUT2D eigenvalue weighted by atomic mass is 9.84. The van der Waals surface area contributed by atoms with Crippen molar-refractivity contribution in [1.82, 2.24) is 0 Å². The summed E-state index contributed by atoms with van der Waals surface area (Å²) >= 11 is 6.65. The zero-order valence-corrected chi connectivity index (χ0v) is 12.4. The van der Waals surface area contributed by atoms with Gasteiger partial charge in [0.15, 0.2) is 0 Å². The van der Waals surface area contributed by atoms with Crippen molar-refractivity contribution < 1.29 is 4.39 Å². The fraction of sp³-hybridized carbons (Fsp3) is 0.444. The van der Waals surface area contributed by atoms with Crippen LogP contribution < -0.4 is 0 Å². The first-order chi connectivity index (χ1) is 9.75. The first kappa shape index (κ1) is 13.9. The first-order valence-corrected chi connectivity index (χ1v) is 8.00. The van der Waals surface area contributed by atoms with Gasteiger partial charge in [-0.05, 0) is 29.4 Å². The third-order valence-corrected chi connectivity index (χ3v) is 4.92. The number of hydrogen-bond donors (Lipinski definition) is 0. The van der Waals surface area contributed by atoms with E-state index in [0.717, 1.165) is 23.3 Å². The molecule has 1 aliphatic carbocycles. The van der Waals surface area contributed by atoms with Crippen LogP contribution in [0.15, 0.2) is 36.4 Å². The van der Waals surface area contributed by atoms with Crippen LogP contribution in [0.2, 0.25) is 0 Å². The smallest absolute Gasteiger partial charge is 0.131 e. The van der Waals surface area contributed by atoms with Crippen molar-refractivity contribution in [3.63, 3.8) is 0 Å². The highest BCUT2D eigenvalue weighted by atomic mass is 35.5. The molecule has 0 aromatic heterocycles. The number of benzene rings is 2. The highest BCUT2D eigenvalue weighted by Gasteiger charge is 2.20. The van der Waals surface area contributed by atoms with E-state index in [2.05, 4.69) is 0 Å². The van der Waals surface area contributed by atoms with E-state index in [4.69, 9.17) is 11.6 Å². The van der Waals surface area contributed by atoms with Crippen LogP contribution in [0.1, 0.15) is 49.5 Å². The molecule has 2 aromatic rings. The lowest BCUT2D eigenvalue weighted by Crippen LogP contribution is -2.09. The second-order valence-electron chi connectivity index (χ2n) is 5.89. The molecule has 0 amide bonds. The molecule has 0 N–H and O–H groups in total. The SMILES string of the molecule is Fc1ccc(C(Cl)CC2CCCCC2)c2ccccc12. The maximum absolute atomic E-state index is 13.8. The maximum Gasteiger partial charge on any atom is 0.131 e. The van der Waals surface area contributed by atoms with Gasteiger partial charge in [-0.25, -0.2) is 4.39 Å². The molecule has 1 saturated carbocycles. The first-order valence-electron chi connectivity index (χ1n) is 7.57. The van der Waals surface area contributed by atoms with Gasteiger partial charge in [0.05, 0.1) is 5.38 Å². The Morgan fingerprint density at radius 3 is 2.45 bits per heavy atom. The summed E-state index contributed by atoms with van der Waals surface area (Å²) in [5.41, 5.74) is 1.08. The van der Waals surface area contributed by atoms with Crippen molar-refractivity contribution in [3.05, 3.63) is 47.8 Å². The van der Waals surface area contributed by atoms with E-state index in [-0.39, 0.29) is 11.2 Å². The van der Waals surface area contributed by atoms with Crippen LogP contribution in [-0.4, -0.2) is 0 Å². The standard InChI is InChI=1S/C18H20ClF/c19-17(12-13-6-2-1-3-7-13)15-10-11-18(20)16-9-5-4-8-14(15)16/h4-5,8-11,13,17H,1-3,6-7,12H2. The van der Waals surface area contributed by atoms with Crippen molar-refractivity contribution in [3.8, 4) is 0 Å². The fourth-order valence-electron chi connectivity index (χ4n) is 3.40. The average Bonchev–Trinajstić information content (AvgIpc) is 2.49. The topological polar surface area (TPSA) is 0 Å². The quantitative estimate of drug-likeness (QED) is 0.588. The van der Waals surface area contributed by atoms with Gasteiger partial charge >= 0.3 is 0 Å². The van der Waals surface area contributed by atoms with E-state index >= 15 is 0 Å². The second kappa shape index (κ2) is 6.13. The van der Waals surface area contributed by atoms with Gasteiger partial charge in [-0.1, -0.05) is 62.4 Å². The Morgan fingerprint density at radius 1 is 1.00 bits per heavy atom. The minimum atomic E-state index is -0.161. The molecular weight excluding hydrogens is 271 g/mol. The molecule has 2 heteroatoms. The number of fused-ring (bicyclic) bond motifs is 1. The fourth-order valence-corrected chi connectivity index (χ4v) is 3.84. The molecule has 20 heavy (non-hydrogen) atoms. The largest absolute Gasteiger partial charge is 0.206 e. The molecule has 0 aliphatic heterocycles. The number of hydrogen-bond acceptors (Lipinski definition) is 0. The Labute approximate surface area is 124 Å². The van der Waals surface area contributed by atoms with Gasteiger partial charge in [0.2, 0.25) is 0 Å². The van der Waals surface area contributed by atoms with E-state index in [1.54, 1.807) is 6.07 Å². The van der Waals surface area contributed by atoms with Crippen LogP contribution in [0.4, 0.5) is 4.39 Å². The monoisotopic (exact) mass is 290 g/mol.